The zero-order valence-electron chi connectivity index (χ0n) is 25.5. The maximum absolute atomic E-state index is 14.2. The van der Waals surface area contributed by atoms with E-state index in [1.54, 1.807) is 52.0 Å². The molecule has 0 aliphatic rings. The van der Waals surface area contributed by atoms with Gasteiger partial charge >= 0.3 is 6.09 Å². The van der Waals surface area contributed by atoms with Crippen LogP contribution in [0, 0.1) is 6.92 Å². The van der Waals surface area contributed by atoms with Crippen molar-refractivity contribution in [3.8, 4) is 5.75 Å². The summed E-state index contributed by atoms with van der Waals surface area (Å²) in [5.41, 5.74) is 5.84. The number of anilines is 1. The van der Waals surface area contributed by atoms with Crippen molar-refractivity contribution in [1.82, 2.24) is 10.2 Å². The lowest BCUT2D eigenvalue weighted by molar-refractivity contribution is -0.142. The van der Waals surface area contributed by atoms with Crippen molar-refractivity contribution in [3.63, 3.8) is 0 Å². The van der Waals surface area contributed by atoms with Gasteiger partial charge in [0.1, 0.15) is 23.4 Å². The average Bonchev–Trinajstić information content (AvgIpc) is 2.92. The highest BCUT2D eigenvalue weighted by atomic mass is 16.6. The number of phenolic OH excluding ortho intramolecular Hbond substituents is 1. The van der Waals surface area contributed by atoms with E-state index in [2.05, 4.69) is 10.6 Å². The zero-order chi connectivity index (χ0) is 31.7. The van der Waals surface area contributed by atoms with E-state index in [0.29, 0.717) is 17.7 Å². The lowest BCUT2D eigenvalue weighted by atomic mass is 9.98. The molecular weight excluding hydrogens is 548 g/mol. The predicted octanol–water partition coefficient (Wildman–Crippen LogP) is 5.32. The third-order valence-electron chi connectivity index (χ3n) is 6.82. The Morgan fingerprint density at radius 2 is 1.67 bits per heavy atom. The molecule has 0 aromatic heterocycles. The molecule has 0 saturated carbocycles. The van der Waals surface area contributed by atoms with Gasteiger partial charge in [0.15, 0.2) is 0 Å². The fourth-order valence-electron chi connectivity index (χ4n) is 4.78. The number of nitrogens with one attached hydrogen (secondary N) is 2. The van der Waals surface area contributed by atoms with Gasteiger partial charge in [0.05, 0.1) is 6.42 Å². The van der Waals surface area contributed by atoms with Crippen LogP contribution in [0.3, 0.4) is 0 Å². The standard InChI is InChI=1S/C33H42N4O6/c1-6-7-10-18-37(31(41)26(20-27(34)38)36-32(42)43-33(3,4)5)28(25-15-11-12-21(2)29(25)39)30(40)35-24-17-16-22-13-8-9-14-23(22)19-24/h8-9,11-17,19,26,28,39H,6-7,10,18,20H2,1-5H3,(H2,34,38)(H,35,40)(H,36,42). The molecule has 230 valence electrons. The Balaban J connectivity index is 2.08. The van der Waals surface area contributed by atoms with Gasteiger partial charge in [-0.2, -0.15) is 0 Å². The molecule has 0 saturated heterocycles. The van der Waals surface area contributed by atoms with Gasteiger partial charge in [0.2, 0.25) is 11.8 Å². The lowest BCUT2D eigenvalue weighted by Gasteiger charge is -2.34. The van der Waals surface area contributed by atoms with Crippen LogP contribution >= 0.6 is 0 Å². The number of para-hydroxylation sites is 1. The summed E-state index contributed by atoms with van der Waals surface area (Å²) in [6.07, 6.45) is 0.705. The van der Waals surface area contributed by atoms with Crippen LogP contribution < -0.4 is 16.4 Å². The minimum Gasteiger partial charge on any atom is -0.507 e. The third kappa shape index (κ3) is 9.19. The fraction of sp³-hybridized carbons (Fsp3) is 0.394. The van der Waals surface area contributed by atoms with Gasteiger partial charge < -0.3 is 31.1 Å². The topological polar surface area (TPSA) is 151 Å². The molecule has 5 N–H and O–H groups in total. The molecule has 0 fully saturated rings. The van der Waals surface area contributed by atoms with Crippen molar-refractivity contribution >= 4 is 40.3 Å². The Hall–Kier alpha value is -4.60. The zero-order valence-corrected chi connectivity index (χ0v) is 25.5. The van der Waals surface area contributed by atoms with E-state index < -0.39 is 47.9 Å². The number of aryl methyl sites for hydroxylation is 1. The quantitative estimate of drug-likeness (QED) is 0.210. The summed E-state index contributed by atoms with van der Waals surface area (Å²) in [5, 5.41) is 18.4. The number of aromatic hydroxyl groups is 1. The van der Waals surface area contributed by atoms with Gasteiger partial charge in [0.25, 0.3) is 5.91 Å². The summed E-state index contributed by atoms with van der Waals surface area (Å²) in [7, 11) is 0. The Labute approximate surface area is 252 Å². The van der Waals surface area contributed by atoms with Crippen molar-refractivity contribution in [1.29, 1.82) is 0 Å². The number of hydrogen-bond donors (Lipinski definition) is 4. The number of carbonyl (C=O) groups is 4. The summed E-state index contributed by atoms with van der Waals surface area (Å²) in [4.78, 5) is 54.3. The van der Waals surface area contributed by atoms with Crippen molar-refractivity contribution in [2.75, 3.05) is 11.9 Å². The van der Waals surface area contributed by atoms with Crippen molar-refractivity contribution in [2.24, 2.45) is 5.73 Å². The van der Waals surface area contributed by atoms with E-state index >= 15 is 0 Å². The second kappa shape index (κ2) is 14.5. The van der Waals surface area contributed by atoms with Crippen LogP contribution in [0.2, 0.25) is 0 Å². The summed E-state index contributed by atoms with van der Waals surface area (Å²) < 4.78 is 5.33. The molecule has 0 bridgehead atoms. The fourth-order valence-corrected chi connectivity index (χ4v) is 4.78. The van der Waals surface area contributed by atoms with Crippen LogP contribution in [0.4, 0.5) is 10.5 Å². The number of nitrogens with zero attached hydrogens (tertiary/aromatic N) is 1. The number of unbranched alkanes of at least 4 members (excludes halogenated alkanes) is 2. The molecule has 0 heterocycles. The normalized spacial score (nSPS) is 12.7. The Bertz CT molecular complexity index is 1470. The lowest BCUT2D eigenvalue weighted by Crippen LogP contribution is -2.53. The number of nitrogens with two attached hydrogens (primary N) is 1. The van der Waals surface area contributed by atoms with Gasteiger partial charge in [-0.15, -0.1) is 0 Å². The Kier molecular flexibility index (Phi) is 11.1. The molecule has 0 aliphatic carbocycles. The summed E-state index contributed by atoms with van der Waals surface area (Å²) in [5.74, 6) is -2.24. The number of amides is 4. The number of hydrogen-bond acceptors (Lipinski definition) is 6. The molecule has 2 unspecified atom stereocenters. The van der Waals surface area contributed by atoms with Gasteiger partial charge in [-0.25, -0.2) is 4.79 Å². The molecule has 3 aromatic carbocycles. The predicted molar refractivity (Wildman–Crippen MR) is 166 cm³/mol. The van der Waals surface area contributed by atoms with Crippen LogP contribution in [0.5, 0.6) is 5.75 Å². The Morgan fingerprint density at radius 1 is 0.977 bits per heavy atom. The molecule has 3 rings (SSSR count). The number of alkyl carbamates (subject to hydrolysis) is 1. The summed E-state index contributed by atoms with van der Waals surface area (Å²) in [6, 6.07) is 15.4. The SMILES string of the molecule is CCCCCN(C(=O)C(CC(N)=O)NC(=O)OC(C)(C)C)C(C(=O)Nc1ccc2ccccc2c1)c1cccc(C)c1O. The smallest absolute Gasteiger partial charge is 0.408 e. The minimum absolute atomic E-state index is 0.112. The highest BCUT2D eigenvalue weighted by Gasteiger charge is 2.38. The molecular formula is C33H42N4O6. The van der Waals surface area contributed by atoms with Crippen molar-refractivity contribution in [2.45, 2.75) is 78.0 Å². The maximum atomic E-state index is 14.2. The largest absolute Gasteiger partial charge is 0.507 e. The molecule has 0 spiro atoms. The van der Waals surface area contributed by atoms with Crippen molar-refractivity contribution in [3.05, 3.63) is 71.8 Å². The number of rotatable bonds is 12. The summed E-state index contributed by atoms with van der Waals surface area (Å²) >= 11 is 0. The molecule has 10 heteroatoms. The number of primary amides is 1. The van der Waals surface area contributed by atoms with E-state index in [9.17, 15) is 24.3 Å². The monoisotopic (exact) mass is 590 g/mol. The van der Waals surface area contributed by atoms with Crippen LogP contribution in [0.15, 0.2) is 60.7 Å². The van der Waals surface area contributed by atoms with E-state index in [4.69, 9.17) is 10.5 Å². The molecule has 0 radical (unpaired) electrons. The number of phenols is 1. The van der Waals surface area contributed by atoms with Gasteiger partial charge in [-0.05, 0) is 62.6 Å². The van der Waals surface area contributed by atoms with E-state index in [1.165, 1.54) is 4.90 Å². The van der Waals surface area contributed by atoms with Gasteiger partial charge in [-0.1, -0.05) is 68.3 Å². The minimum atomic E-state index is -1.41. The number of fused-ring (bicyclic) bond motifs is 1. The molecule has 3 aromatic rings. The summed E-state index contributed by atoms with van der Waals surface area (Å²) in [6.45, 7) is 8.82. The maximum Gasteiger partial charge on any atom is 0.408 e. The second-order valence-electron chi connectivity index (χ2n) is 11.6. The molecule has 2 atom stereocenters. The molecule has 43 heavy (non-hydrogen) atoms. The van der Waals surface area contributed by atoms with Crippen LogP contribution in [0.1, 0.15) is 70.5 Å². The number of benzene rings is 3. The number of ether oxygens (including phenoxy) is 1. The number of carbonyl (C=O) groups excluding carboxylic acids is 4. The first kappa shape index (κ1) is 32.9. The first-order valence-electron chi connectivity index (χ1n) is 14.5. The molecule has 0 aliphatic heterocycles. The van der Waals surface area contributed by atoms with Crippen molar-refractivity contribution < 1.29 is 29.0 Å². The van der Waals surface area contributed by atoms with E-state index in [-0.39, 0.29) is 17.9 Å². The van der Waals surface area contributed by atoms with Crippen LogP contribution in [0.25, 0.3) is 10.8 Å². The first-order chi connectivity index (χ1) is 20.3. The first-order valence-corrected chi connectivity index (χ1v) is 14.5. The van der Waals surface area contributed by atoms with E-state index in [1.807, 2.05) is 43.3 Å². The van der Waals surface area contributed by atoms with Crippen LogP contribution in [-0.2, 0) is 19.1 Å². The molecule has 4 amide bonds. The van der Waals surface area contributed by atoms with Gasteiger partial charge in [0, 0.05) is 17.8 Å². The van der Waals surface area contributed by atoms with E-state index in [0.717, 1.165) is 23.6 Å². The highest BCUT2D eigenvalue weighted by molar-refractivity contribution is 6.01. The van der Waals surface area contributed by atoms with Gasteiger partial charge in [-0.3, -0.25) is 14.4 Å². The van der Waals surface area contributed by atoms with Crippen LogP contribution in [-0.4, -0.2) is 52.0 Å². The second-order valence-corrected chi connectivity index (χ2v) is 11.6. The molecule has 10 nitrogen and oxygen atoms in total. The Morgan fingerprint density at radius 3 is 2.33 bits per heavy atom. The average molecular weight is 591 g/mol. The third-order valence-corrected chi connectivity index (χ3v) is 6.82. The highest BCUT2D eigenvalue weighted by Crippen LogP contribution is 2.34.